The minimum atomic E-state index is 0.190. The molecule has 17 heavy (non-hydrogen) atoms. The smallest absolute Gasteiger partial charge is 0.240 e. The van der Waals surface area contributed by atoms with E-state index in [9.17, 15) is 0 Å². The maximum Gasteiger partial charge on any atom is 0.240 e. The van der Waals surface area contributed by atoms with E-state index in [1.807, 2.05) is 0 Å². The molecule has 0 saturated carbocycles. The zero-order valence-electron chi connectivity index (χ0n) is 8.64. The summed E-state index contributed by atoms with van der Waals surface area (Å²) in [5, 5.41) is 4.27. The van der Waals surface area contributed by atoms with Crippen molar-refractivity contribution in [2.75, 3.05) is 6.79 Å². The van der Waals surface area contributed by atoms with Gasteiger partial charge in [0.2, 0.25) is 18.5 Å². The zero-order valence-corrected chi connectivity index (χ0v) is 9.40. The van der Waals surface area contributed by atoms with Gasteiger partial charge in [0.05, 0.1) is 11.6 Å². The van der Waals surface area contributed by atoms with Crippen LogP contribution in [0.1, 0.15) is 5.89 Å². The summed E-state index contributed by atoms with van der Waals surface area (Å²) in [6, 6.07) is 3.38. The number of nitrogens with zero attached hydrogens (tertiary/aromatic N) is 2. The predicted octanol–water partition coefficient (Wildman–Crippen LogP) is 1.58. The van der Waals surface area contributed by atoms with Crippen molar-refractivity contribution in [1.82, 2.24) is 10.1 Å². The zero-order chi connectivity index (χ0) is 11.8. The van der Waals surface area contributed by atoms with Crippen molar-refractivity contribution in [3.63, 3.8) is 0 Å². The molecule has 0 saturated heterocycles. The molecule has 0 radical (unpaired) electrons. The first-order valence-corrected chi connectivity index (χ1v) is 5.28. The van der Waals surface area contributed by atoms with Crippen molar-refractivity contribution in [3.8, 4) is 22.9 Å². The van der Waals surface area contributed by atoms with Crippen molar-refractivity contribution in [1.29, 1.82) is 0 Å². The Morgan fingerprint density at radius 2 is 2.06 bits per heavy atom. The number of hydrogen-bond acceptors (Lipinski definition) is 6. The van der Waals surface area contributed by atoms with Gasteiger partial charge in [0.15, 0.2) is 11.5 Å². The van der Waals surface area contributed by atoms with E-state index in [1.54, 1.807) is 12.1 Å². The number of aromatic nitrogens is 2. The van der Waals surface area contributed by atoms with Crippen LogP contribution >= 0.6 is 11.6 Å². The van der Waals surface area contributed by atoms with E-state index in [2.05, 4.69) is 10.1 Å². The molecule has 0 amide bonds. The highest BCUT2D eigenvalue weighted by atomic mass is 35.5. The number of fused-ring (bicyclic) bond motifs is 1. The summed E-state index contributed by atoms with van der Waals surface area (Å²) in [7, 11) is 0. The van der Waals surface area contributed by atoms with Crippen LogP contribution in [0.25, 0.3) is 11.4 Å². The lowest BCUT2D eigenvalue weighted by Gasteiger charge is -2.01. The molecule has 2 aromatic rings. The Morgan fingerprint density at radius 1 is 1.29 bits per heavy atom. The highest BCUT2D eigenvalue weighted by Gasteiger charge is 2.19. The number of rotatable bonds is 2. The van der Waals surface area contributed by atoms with Gasteiger partial charge in [-0.2, -0.15) is 4.98 Å². The minimum absolute atomic E-state index is 0.190. The van der Waals surface area contributed by atoms with Gasteiger partial charge in [-0.1, -0.05) is 16.8 Å². The third kappa shape index (κ3) is 1.71. The Labute approximate surface area is 101 Å². The number of benzene rings is 1. The Morgan fingerprint density at radius 3 is 2.76 bits per heavy atom. The van der Waals surface area contributed by atoms with Gasteiger partial charge in [-0.25, -0.2) is 0 Å². The van der Waals surface area contributed by atoms with E-state index in [0.29, 0.717) is 33.8 Å². The third-order valence-corrected chi connectivity index (χ3v) is 2.66. The first-order valence-electron chi connectivity index (χ1n) is 4.90. The van der Waals surface area contributed by atoms with Gasteiger partial charge in [0, 0.05) is 11.6 Å². The van der Waals surface area contributed by atoms with Gasteiger partial charge in [-0.3, -0.25) is 0 Å². The fourth-order valence-corrected chi connectivity index (χ4v) is 1.77. The summed E-state index contributed by atoms with van der Waals surface area (Å²) in [6.07, 6.45) is 0. The Bertz CT molecular complexity index is 570. The van der Waals surface area contributed by atoms with Crippen LogP contribution in [0.2, 0.25) is 5.02 Å². The summed E-state index contributed by atoms with van der Waals surface area (Å²) < 4.78 is 15.4. The van der Waals surface area contributed by atoms with Gasteiger partial charge >= 0.3 is 0 Å². The molecule has 2 N–H and O–H groups in total. The molecule has 88 valence electrons. The normalized spacial score (nSPS) is 13.1. The second-order valence-corrected chi connectivity index (χ2v) is 3.81. The maximum absolute atomic E-state index is 6.11. The monoisotopic (exact) mass is 253 g/mol. The van der Waals surface area contributed by atoms with Crippen molar-refractivity contribution >= 4 is 11.6 Å². The van der Waals surface area contributed by atoms with Gasteiger partial charge in [-0.05, 0) is 6.07 Å². The van der Waals surface area contributed by atoms with Gasteiger partial charge in [0.1, 0.15) is 0 Å². The topological polar surface area (TPSA) is 83.4 Å². The average Bonchev–Trinajstić information content (AvgIpc) is 2.94. The molecule has 6 nitrogen and oxygen atoms in total. The van der Waals surface area contributed by atoms with E-state index < -0.39 is 0 Å². The standard InChI is InChI=1S/C10H8ClN3O3/c11-6-2-8-7(15-4-16-8)1-5(6)10-13-9(3-12)17-14-10/h1-2H,3-4,12H2. The van der Waals surface area contributed by atoms with E-state index in [-0.39, 0.29) is 13.3 Å². The van der Waals surface area contributed by atoms with Crippen LogP contribution in [0, 0.1) is 0 Å². The fourth-order valence-electron chi connectivity index (χ4n) is 1.54. The van der Waals surface area contributed by atoms with Crippen LogP contribution in [-0.4, -0.2) is 16.9 Å². The van der Waals surface area contributed by atoms with Crippen LogP contribution < -0.4 is 15.2 Å². The molecule has 0 bridgehead atoms. The molecule has 1 aromatic heterocycles. The molecule has 0 unspecified atom stereocenters. The Balaban J connectivity index is 2.08. The lowest BCUT2D eigenvalue weighted by atomic mass is 10.2. The first-order chi connectivity index (χ1) is 8.28. The lowest BCUT2D eigenvalue weighted by molar-refractivity contribution is 0.174. The van der Waals surface area contributed by atoms with Crippen LogP contribution in [-0.2, 0) is 6.54 Å². The molecule has 7 heteroatoms. The molecule has 1 aliphatic rings. The SMILES string of the molecule is NCc1nc(-c2cc3c(cc2Cl)OCO3)no1. The molecule has 1 aliphatic heterocycles. The van der Waals surface area contributed by atoms with Crippen molar-refractivity contribution in [2.45, 2.75) is 6.54 Å². The number of hydrogen-bond donors (Lipinski definition) is 1. The van der Waals surface area contributed by atoms with Crippen LogP contribution in [0.4, 0.5) is 0 Å². The summed E-state index contributed by atoms with van der Waals surface area (Å²) >= 11 is 6.11. The van der Waals surface area contributed by atoms with E-state index in [0.717, 1.165) is 0 Å². The second-order valence-electron chi connectivity index (χ2n) is 3.40. The molecule has 2 heterocycles. The van der Waals surface area contributed by atoms with Crippen LogP contribution in [0.15, 0.2) is 16.7 Å². The number of halogens is 1. The maximum atomic E-state index is 6.11. The fraction of sp³-hybridized carbons (Fsp3) is 0.200. The first kappa shape index (κ1) is 10.4. The molecule has 0 aliphatic carbocycles. The Hall–Kier alpha value is -1.79. The summed E-state index contributed by atoms with van der Waals surface area (Å²) in [4.78, 5) is 4.10. The highest BCUT2D eigenvalue weighted by molar-refractivity contribution is 6.33. The van der Waals surface area contributed by atoms with E-state index in [1.165, 1.54) is 0 Å². The molecule has 1 aromatic carbocycles. The van der Waals surface area contributed by atoms with Crippen LogP contribution in [0.3, 0.4) is 0 Å². The van der Waals surface area contributed by atoms with E-state index in [4.69, 9.17) is 31.3 Å². The van der Waals surface area contributed by atoms with Gasteiger partial charge < -0.3 is 19.7 Å². The quantitative estimate of drug-likeness (QED) is 0.875. The number of nitrogens with two attached hydrogens (primary N) is 1. The molecule has 0 atom stereocenters. The van der Waals surface area contributed by atoms with Gasteiger partial charge in [0.25, 0.3) is 0 Å². The van der Waals surface area contributed by atoms with Crippen molar-refractivity contribution in [2.24, 2.45) is 5.73 Å². The summed E-state index contributed by atoms with van der Waals surface area (Å²) in [5.74, 6) is 1.97. The van der Waals surface area contributed by atoms with E-state index >= 15 is 0 Å². The van der Waals surface area contributed by atoms with Crippen molar-refractivity contribution < 1.29 is 14.0 Å². The summed E-state index contributed by atoms with van der Waals surface area (Å²) in [6.45, 7) is 0.380. The lowest BCUT2D eigenvalue weighted by Crippen LogP contribution is -1.95. The third-order valence-electron chi connectivity index (χ3n) is 2.35. The predicted molar refractivity (Wildman–Crippen MR) is 58.8 cm³/mol. The van der Waals surface area contributed by atoms with Crippen LogP contribution in [0.5, 0.6) is 11.5 Å². The van der Waals surface area contributed by atoms with Gasteiger partial charge in [-0.15, -0.1) is 0 Å². The minimum Gasteiger partial charge on any atom is -0.454 e. The molecular weight excluding hydrogens is 246 g/mol. The molecular formula is C10H8ClN3O3. The largest absolute Gasteiger partial charge is 0.454 e. The molecule has 3 rings (SSSR count). The second kappa shape index (κ2) is 3.90. The Kier molecular flexibility index (Phi) is 2.38. The molecule has 0 spiro atoms. The van der Waals surface area contributed by atoms with Crippen molar-refractivity contribution in [3.05, 3.63) is 23.0 Å². The highest BCUT2D eigenvalue weighted by Crippen LogP contribution is 2.39. The number of ether oxygens (including phenoxy) is 2. The average molecular weight is 254 g/mol. The molecule has 0 fully saturated rings. The summed E-state index contributed by atoms with van der Waals surface area (Å²) in [5.41, 5.74) is 6.02.